The van der Waals surface area contributed by atoms with Crippen molar-refractivity contribution in [2.75, 3.05) is 26.1 Å². The number of anilines is 1. The summed E-state index contributed by atoms with van der Waals surface area (Å²) in [6.07, 6.45) is 0. The Labute approximate surface area is 188 Å². The van der Waals surface area contributed by atoms with Gasteiger partial charge in [-0.3, -0.25) is 9.59 Å². The molecule has 0 fully saturated rings. The number of rotatable bonds is 8. The van der Waals surface area contributed by atoms with Gasteiger partial charge in [0.2, 0.25) is 0 Å². The Morgan fingerprint density at radius 2 is 1.84 bits per heavy atom. The fourth-order valence-electron chi connectivity index (χ4n) is 3.06. The Bertz CT molecular complexity index is 1180. The van der Waals surface area contributed by atoms with E-state index in [9.17, 15) is 14.4 Å². The lowest BCUT2D eigenvalue weighted by molar-refractivity contribution is 0.0527. The van der Waals surface area contributed by atoms with Gasteiger partial charge in [0.05, 0.1) is 31.3 Å². The van der Waals surface area contributed by atoms with Gasteiger partial charge < -0.3 is 24.1 Å². The van der Waals surface area contributed by atoms with Crippen LogP contribution in [0.25, 0.3) is 11.3 Å². The number of aromatic nitrogens is 1. The third-order valence-electron chi connectivity index (χ3n) is 4.58. The smallest absolute Gasteiger partial charge is 0.341 e. The molecule has 0 aliphatic carbocycles. The van der Waals surface area contributed by atoms with Gasteiger partial charge in [-0.15, -0.1) is 11.3 Å². The van der Waals surface area contributed by atoms with Crippen molar-refractivity contribution in [1.82, 2.24) is 5.16 Å². The minimum atomic E-state index is -0.616. The van der Waals surface area contributed by atoms with Crippen LogP contribution in [-0.2, 0) is 4.74 Å². The molecule has 1 aromatic carbocycles. The first-order valence-electron chi connectivity index (χ1n) is 9.62. The second kappa shape index (κ2) is 9.65. The first-order valence-corrected chi connectivity index (χ1v) is 10.4. The van der Waals surface area contributed by atoms with Gasteiger partial charge in [-0.25, -0.2) is 4.79 Å². The molecule has 3 rings (SSSR count). The summed E-state index contributed by atoms with van der Waals surface area (Å²) >= 11 is 1.01. The van der Waals surface area contributed by atoms with Gasteiger partial charge in [-0.05, 0) is 44.5 Å². The van der Waals surface area contributed by atoms with Crippen molar-refractivity contribution in [3.63, 3.8) is 0 Å². The summed E-state index contributed by atoms with van der Waals surface area (Å²) in [5, 5.41) is 6.69. The second-order valence-corrected chi connectivity index (χ2v) is 7.66. The fraction of sp³-hybridized carbons (Fsp3) is 0.273. The SMILES string of the molecule is CCOC(=O)c1c(NC(=O)c2cc(-c3ccc(OC)c(OC)c3)on2)sc(C(C)=O)c1C. The van der Waals surface area contributed by atoms with Crippen molar-refractivity contribution in [2.45, 2.75) is 20.8 Å². The van der Waals surface area contributed by atoms with E-state index < -0.39 is 11.9 Å². The van der Waals surface area contributed by atoms with Crippen LogP contribution in [0.3, 0.4) is 0 Å². The van der Waals surface area contributed by atoms with Crippen molar-refractivity contribution < 1.29 is 33.1 Å². The number of hydrogen-bond acceptors (Lipinski definition) is 9. The van der Waals surface area contributed by atoms with Crippen LogP contribution in [0.4, 0.5) is 5.00 Å². The van der Waals surface area contributed by atoms with E-state index in [1.807, 2.05) is 0 Å². The number of carbonyl (C=O) groups excluding carboxylic acids is 3. The van der Waals surface area contributed by atoms with Crippen molar-refractivity contribution in [3.05, 3.63) is 46.0 Å². The number of ketones is 1. The fourth-order valence-corrected chi connectivity index (χ4v) is 4.15. The van der Waals surface area contributed by atoms with Gasteiger partial charge in [-0.1, -0.05) is 5.16 Å². The molecule has 9 nitrogen and oxygen atoms in total. The first kappa shape index (κ1) is 23.0. The molecule has 0 saturated carbocycles. The summed E-state index contributed by atoms with van der Waals surface area (Å²) in [6.45, 7) is 4.87. The zero-order valence-corrected chi connectivity index (χ0v) is 19.0. The topological polar surface area (TPSA) is 117 Å². The Kier molecular flexibility index (Phi) is 6.94. The predicted octanol–water partition coefficient (Wildman–Crippen LogP) is 4.36. The highest BCUT2D eigenvalue weighted by Gasteiger charge is 2.26. The number of methoxy groups -OCH3 is 2. The molecule has 3 aromatic rings. The maximum atomic E-state index is 12.8. The van der Waals surface area contributed by atoms with Crippen molar-refractivity contribution in [3.8, 4) is 22.8 Å². The molecule has 1 amide bonds. The summed E-state index contributed by atoms with van der Waals surface area (Å²) in [7, 11) is 3.04. The van der Waals surface area contributed by atoms with E-state index in [0.717, 1.165) is 11.3 Å². The summed E-state index contributed by atoms with van der Waals surface area (Å²) in [4.78, 5) is 37.5. The molecular formula is C22H22N2O7S. The Morgan fingerprint density at radius 1 is 1.12 bits per heavy atom. The number of benzene rings is 1. The summed E-state index contributed by atoms with van der Waals surface area (Å²) in [6, 6.07) is 6.61. The summed E-state index contributed by atoms with van der Waals surface area (Å²) in [5.74, 6) is -0.0336. The lowest BCUT2D eigenvalue weighted by atomic mass is 10.1. The van der Waals surface area contributed by atoms with E-state index in [1.54, 1.807) is 32.0 Å². The molecule has 1 N–H and O–H groups in total. The monoisotopic (exact) mass is 458 g/mol. The van der Waals surface area contributed by atoms with Crippen LogP contribution in [0.15, 0.2) is 28.8 Å². The van der Waals surface area contributed by atoms with Gasteiger partial charge in [0.15, 0.2) is 28.7 Å². The lowest BCUT2D eigenvalue weighted by Gasteiger charge is -2.07. The minimum absolute atomic E-state index is 0.0000202. The zero-order chi connectivity index (χ0) is 23.4. The maximum Gasteiger partial charge on any atom is 0.341 e. The maximum absolute atomic E-state index is 12.8. The number of esters is 1. The molecule has 0 bridgehead atoms. The van der Waals surface area contributed by atoms with Crippen LogP contribution in [-0.4, -0.2) is 43.6 Å². The highest BCUT2D eigenvalue weighted by atomic mass is 32.1. The number of thiophene rings is 1. The molecular weight excluding hydrogens is 436 g/mol. The molecule has 0 unspecified atom stereocenters. The quantitative estimate of drug-likeness (QED) is 0.391. The molecule has 10 heteroatoms. The number of Topliss-reactive ketones (excluding diaryl/α,β-unsaturated/α-hetero) is 1. The third kappa shape index (κ3) is 4.50. The van der Waals surface area contributed by atoms with E-state index in [-0.39, 0.29) is 28.6 Å². The van der Waals surface area contributed by atoms with Gasteiger partial charge in [0.25, 0.3) is 5.91 Å². The van der Waals surface area contributed by atoms with Gasteiger partial charge >= 0.3 is 5.97 Å². The molecule has 0 spiro atoms. The highest BCUT2D eigenvalue weighted by Crippen LogP contribution is 2.35. The zero-order valence-electron chi connectivity index (χ0n) is 18.2. The minimum Gasteiger partial charge on any atom is -0.493 e. The normalized spacial score (nSPS) is 10.5. The molecule has 168 valence electrons. The Hall–Kier alpha value is -3.66. The summed E-state index contributed by atoms with van der Waals surface area (Å²) < 4.78 is 20.9. The predicted molar refractivity (Wildman–Crippen MR) is 118 cm³/mol. The number of amides is 1. The van der Waals surface area contributed by atoms with Gasteiger partial charge in [0.1, 0.15) is 5.00 Å². The number of nitrogens with zero attached hydrogens (tertiary/aromatic N) is 1. The van der Waals surface area contributed by atoms with Crippen LogP contribution in [0.2, 0.25) is 0 Å². The molecule has 2 aromatic heterocycles. The highest BCUT2D eigenvalue weighted by molar-refractivity contribution is 7.18. The van der Waals surface area contributed by atoms with E-state index in [1.165, 1.54) is 27.2 Å². The third-order valence-corrected chi connectivity index (χ3v) is 5.89. The number of hydrogen-bond donors (Lipinski definition) is 1. The number of ether oxygens (including phenoxy) is 3. The van der Waals surface area contributed by atoms with Crippen molar-refractivity contribution in [1.29, 1.82) is 0 Å². The first-order chi connectivity index (χ1) is 15.3. The van der Waals surface area contributed by atoms with E-state index in [0.29, 0.717) is 33.3 Å². The lowest BCUT2D eigenvalue weighted by Crippen LogP contribution is -2.15. The average molecular weight is 458 g/mol. The van der Waals surface area contributed by atoms with E-state index in [2.05, 4.69) is 10.5 Å². The standard InChI is InChI=1S/C22H22N2O7S/c1-6-30-22(27)18-11(2)19(12(3)25)32-21(18)23-20(26)14-10-16(31-24-14)13-7-8-15(28-4)17(9-13)29-5/h7-10H,6H2,1-5H3,(H,23,26). The largest absolute Gasteiger partial charge is 0.493 e. The van der Waals surface area contributed by atoms with Crippen LogP contribution in [0.5, 0.6) is 11.5 Å². The van der Waals surface area contributed by atoms with Crippen LogP contribution in [0, 0.1) is 6.92 Å². The van der Waals surface area contributed by atoms with Gasteiger partial charge in [-0.2, -0.15) is 0 Å². The van der Waals surface area contributed by atoms with Crippen LogP contribution in [0.1, 0.15) is 49.9 Å². The summed E-state index contributed by atoms with van der Waals surface area (Å²) in [5.41, 5.74) is 1.24. The Balaban J connectivity index is 1.89. The van der Waals surface area contributed by atoms with E-state index >= 15 is 0 Å². The van der Waals surface area contributed by atoms with Crippen molar-refractivity contribution >= 4 is 34.0 Å². The van der Waals surface area contributed by atoms with E-state index in [4.69, 9.17) is 18.7 Å². The van der Waals surface area contributed by atoms with Crippen LogP contribution >= 0.6 is 11.3 Å². The number of nitrogens with one attached hydrogen (secondary N) is 1. The molecule has 0 atom stereocenters. The molecule has 32 heavy (non-hydrogen) atoms. The molecule has 0 aliphatic heterocycles. The van der Waals surface area contributed by atoms with Crippen LogP contribution < -0.4 is 14.8 Å². The molecule has 2 heterocycles. The Morgan fingerprint density at radius 3 is 2.47 bits per heavy atom. The van der Waals surface area contributed by atoms with Crippen molar-refractivity contribution in [2.24, 2.45) is 0 Å². The van der Waals surface area contributed by atoms with Gasteiger partial charge in [0, 0.05) is 11.6 Å². The molecule has 0 radical (unpaired) electrons. The average Bonchev–Trinajstić information content (AvgIpc) is 3.38. The number of carbonyl (C=O) groups is 3. The molecule has 0 aliphatic rings. The molecule has 0 saturated heterocycles. The second-order valence-electron chi connectivity index (χ2n) is 6.64.